The van der Waals surface area contributed by atoms with E-state index >= 15 is 0 Å². The summed E-state index contributed by atoms with van der Waals surface area (Å²) in [4.78, 5) is 0. The second-order valence-electron chi connectivity index (χ2n) is 2.26. The standard InChI is InChI=1S/C8H8ClFO/c9-2-1-6-3-7(10)5-8(11)4-6/h3-5,11H,1-2H2. The predicted molar refractivity (Wildman–Crippen MR) is 42.5 cm³/mol. The zero-order valence-electron chi connectivity index (χ0n) is 5.85. The summed E-state index contributed by atoms with van der Waals surface area (Å²) in [5.41, 5.74) is 0.720. The van der Waals surface area contributed by atoms with Crippen molar-refractivity contribution < 1.29 is 9.50 Å². The lowest BCUT2D eigenvalue weighted by molar-refractivity contribution is 0.468. The van der Waals surface area contributed by atoms with Gasteiger partial charge in [0.05, 0.1) is 0 Å². The number of aryl methyl sites for hydroxylation is 1. The van der Waals surface area contributed by atoms with E-state index in [1.54, 1.807) is 0 Å². The van der Waals surface area contributed by atoms with Gasteiger partial charge in [0.15, 0.2) is 0 Å². The van der Waals surface area contributed by atoms with Gasteiger partial charge in [-0.15, -0.1) is 11.6 Å². The van der Waals surface area contributed by atoms with Crippen LogP contribution in [0.4, 0.5) is 4.39 Å². The summed E-state index contributed by atoms with van der Waals surface area (Å²) in [5, 5.41) is 8.94. The number of hydrogen-bond donors (Lipinski definition) is 1. The van der Waals surface area contributed by atoms with Crippen molar-refractivity contribution in [3.05, 3.63) is 29.6 Å². The topological polar surface area (TPSA) is 20.2 Å². The molecule has 0 aliphatic heterocycles. The van der Waals surface area contributed by atoms with Gasteiger partial charge >= 0.3 is 0 Å². The van der Waals surface area contributed by atoms with Gasteiger partial charge in [0.2, 0.25) is 0 Å². The van der Waals surface area contributed by atoms with E-state index in [0.29, 0.717) is 12.3 Å². The molecule has 0 saturated carbocycles. The Kier molecular flexibility index (Phi) is 2.71. The number of aromatic hydroxyl groups is 1. The summed E-state index contributed by atoms with van der Waals surface area (Å²) in [6.07, 6.45) is 0.576. The Morgan fingerprint density at radius 1 is 1.36 bits per heavy atom. The first kappa shape index (κ1) is 8.34. The van der Waals surface area contributed by atoms with E-state index in [4.69, 9.17) is 16.7 Å². The Balaban J connectivity index is 2.89. The molecule has 0 aliphatic rings. The number of hydrogen-bond acceptors (Lipinski definition) is 1. The maximum absolute atomic E-state index is 12.5. The molecule has 1 aromatic carbocycles. The molecule has 0 saturated heterocycles. The molecule has 60 valence electrons. The Labute approximate surface area is 69.4 Å². The van der Waals surface area contributed by atoms with Crippen molar-refractivity contribution in [2.75, 3.05) is 5.88 Å². The first-order chi connectivity index (χ1) is 5.22. The quantitative estimate of drug-likeness (QED) is 0.683. The van der Waals surface area contributed by atoms with E-state index < -0.39 is 5.82 Å². The molecular formula is C8H8ClFO. The van der Waals surface area contributed by atoms with Gasteiger partial charge in [-0.1, -0.05) is 0 Å². The number of phenolic OH excluding ortho intramolecular Hbond substituents is 1. The second kappa shape index (κ2) is 3.58. The first-order valence-electron chi connectivity index (χ1n) is 3.27. The Morgan fingerprint density at radius 3 is 2.64 bits per heavy atom. The minimum atomic E-state index is -0.426. The van der Waals surface area contributed by atoms with Crippen LogP contribution < -0.4 is 0 Å². The van der Waals surface area contributed by atoms with Crippen LogP contribution in [0.2, 0.25) is 0 Å². The van der Waals surface area contributed by atoms with Crippen LogP contribution in [0.25, 0.3) is 0 Å². The van der Waals surface area contributed by atoms with Crippen LogP contribution in [-0.2, 0) is 6.42 Å². The lowest BCUT2D eigenvalue weighted by atomic mass is 10.1. The highest BCUT2D eigenvalue weighted by atomic mass is 35.5. The van der Waals surface area contributed by atoms with Crippen LogP contribution in [-0.4, -0.2) is 11.0 Å². The van der Waals surface area contributed by atoms with Crippen molar-refractivity contribution in [2.45, 2.75) is 6.42 Å². The normalized spacial score (nSPS) is 10.0. The van der Waals surface area contributed by atoms with Gasteiger partial charge in [-0.3, -0.25) is 0 Å². The highest BCUT2D eigenvalue weighted by Crippen LogP contribution is 2.14. The molecule has 0 unspecified atom stereocenters. The Morgan fingerprint density at radius 2 is 2.09 bits per heavy atom. The fourth-order valence-corrected chi connectivity index (χ4v) is 1.10. The average molecular weight is 175 g/mol. The third-order valence-corrected chi connectivity index (χ3v) is 1.51. The number of rotatable bonds is 2. The highest BCUT2D eigenvalue weighted by molar-refractivity contribution is 6.17. The number of halogens is 2. The van der Waals surface area contributed by atoms with Crippen molar-refractivity contribution >= 4 is 11.6 Å². The molecule has 0 fully saturated rings. The number of benzene rings is 1. The van der Waals surface area contributed by atoms with Crippen LogP contribution in [0, 0.1) is 5.82 Å². The summed E-state index contributed by atoms with van der Waals surface area (Å²) in [6.45, 7) is 0. The van der Waals surface area contributed by atoms with Gasteiger partial charge in [0, 0.05) is 11.9 Å². The van der Waals surface area contributed by atoms with Crippen LogP contribution in [0.3, 0.4) is 0 Å². The van der Waals surface area contributed by atoms with Crippen molar-refractivity contribution in [1.29, 1.82) is 0 Å². The van der Waals surface area contributed by atoms with Gasteiger partial charge in [-0.2, -0.15) is 0 Å². The number of alkyl halides is 1. The van der Waals surface area contributed by atoms with Gasteiger partial charge < -0.3 is 5.11 Å². The lowest BCUT2D eigenvalue weighted by Gasteiger charge is -1.98. The molecule has 1 nitrogen and oxygen atoms in total. The molecule has 1 rings (SSSR count). The molecule has 3 heteroatoms. The zero-order chi connectivity index (χ0) is 8.27. The van der Waals surface area contributed by atoms with Crippen molar-refractivity contribution in [1.82, 2.24) is 0 Å². The highest BCUT2D eigenvalue weighted by Gasteiger charge is 1.98. The van der Waals surface area contributed by atoms with Crippen LogP contribution in [0.15, 0.2) is 18.2 Å². The molecule has 0 amide bonds. The van der Waals surface area contributed by atoms with E-state index in [0.717, 1.165) is 11.6 Å². The molecule has 1 N–H and O–H groups in total. The van der Waals surface area contributed by atoms with E-state index in [9.17, 15) is 4.39 Å². The molecule has 0 atom stereocenters. The van der Waals surface area contributed by atoms with Crippen molar-refractivity contribution in [3.8, 4) is 5.75 Å². The van der Waals surface area contributed by atoms with E-state index in [1.165, 1.54) is 12.1 Å². The maximum atomic E-state index is 12.5. The van der Waals surface area contributed by atoms with E-state index in [1.807, 2.05) is 0 Å². The van der Waals surface area contributed by atoms with Crippen LogP contribution >= 0.6 is 11.6 Å². The van der Waals surface area contributed by atoms with Crippen LogP contribution in [0.1, 0.15) is 5.56 Å². The Bertz CT molecular complexity index is 230. The molecule has 0 aromatic heterocycles. The summed E-state index contributed by atoms with van der Waals surface area (Å²) in [7, 11) is 0. The molecule has 0 heterocycles. The van der Waals surface area contributed by atoms with Crippen molar-refractivity contribution in [3.63, 3.8) is 0 Å². The molecule has 0 radical (unpaired) electrons. The maximum Gasteiger partial charge on any atom is 0.127 e. The molecule has 1 aromatic rings. The monoisotopic (exact) mass is 174 g/mol. The number of phenols is 1. The SMILES string of the molecule is Oc1cc(F)cc(CCCl)c1. The zero-order valence-corrected chi connectivity index (χ0v) is 6.61. The minimum Gasteiger partial charge on any atom is -0.508 e. The second-order valence-corrected chi connectivity index (χ2v) is 2.63. The molecular weight excluding hydrogens is 167 g/mol. The largest absolute Gasteiger partial charge is 0.508 e. The van der Waals surface area contributed by atoms with Gasteiger partial charge in [-0.05, 0) is 24.1 Å². The predicted octanol–water partition coefficient (Wildman–Crippen LogP) is 2.31. The lowest BCUT2D eigenvalue weighted by Crippen LogP contribution is -1.86. The van der Waals surface area contributed by atoms with Gasteiger partial charge in [-0.25, -0.2) is 4.39 Å². The summed E-state index contributed by atoms with van der Waals surface area (Å²) < 4.78 is 12.5. The van der Waals surface area contributed by atoms with E-state index in [2.05, 4.69) is 0 Å². The van der Waals surface area contributed by atoms with Crippen LogP contribution in [0.5, 0.6) is 5.75 Å². The summed E-state index contributed by atoms with van der Waals surface area (Å²) in [5.74, 6) is -0.0432. The minimum absolute atomic E-state index is 0.0508. The third-order valence-electron chi connectivity index (χ3n) is 1.33. The molecule has 0 spiro atoms. The van der Waals surface area contributed by atoms with Crippen molar-refractivity contribution in [2.24, 2.45) is 0 Å². The average Bonchev–Trinajstić information content (AvgIpc) is 1.85. The first-order valence-corrected chi connectivity index (χ1v) is 3.80. The molecule has 11 heavy (non-hydrogen) atoms. The smallest absolute Gasteiger partial charge is 0.127 e. The fraction of sp³-hybridized carbons (Fsp3) is 0.250. The van der Waals surface area contributed by atoms with Gasteiger partial charge in [0.25, 0.3) is 0 Å². The van der Waals surface area contributed by atoms with E-state index in [-0.39, 0.29) is 5.75 Å². The fourth-order valence-electron chi connectivity index (χ4n) is 0.887. The Hall–Kier alpha value is -0.760. The third kappa shape index (κ3) is 2.39. The molecule has 0 bridgehead atoms. The summed E-state index contributed by atoms with van der Waals surface area (Å²) >= 11 is 5.44. The summed E-state index contributed by atoms with van der Waals surface area (Å²) in [6, 6.07) is 3.94. The molecule has 0 aliphatic carbocycles. The van der Waals surface area contributed by atoms with Gasteiger partial charge in [0.1, 0.15) is 11.6 Å².